The molecule has 0 radical (unpaired) electrons. The first-order chi connectivity index (χ1) is 17.9. The number of ether oxygens (including phenoxy) is 1. The third kappa shape index (κ3) is 5.95. The SMILES string of the molecule is Cc1ccc2nc(-c3ccc(NC(=O)CSc4nnc(C(C)Oc5cccc(Cl)c5)n4C)cc3)sc2c1. The average molecular weight is 550 g/mol. The van der Waals surface area contributed by atoms with E-state index in [0.29, 0.717) is 21.8 Å². The van der Waals surface area contributed by atoms with Crippen LogP contribution < -0.4 is 10.1 Å². The van der Waals surface area contributed by atoms with E-state index in [-0.39, 0.29) is 17.8 Å². The summed E-state index contributed by atoms with van der Waals surface area (Å²) in [6, 6.07) is 21.2. The predicted molar refractivity (Wildman–Crippen MR) is 151 cm³/mol. The molecule has 0 aliphatic rings. The second-order valence-electron chi connectivity index (χ2n) is 8.52. The number of carbonyl (C=O) groups excluding carboxylic acids is 1. The van der Waals surface area contributed by atoms with Crippen molar-refractivity contribution in [2.24, 2.45) is 7.05 Å². The molecular weight excluding hydrogens is 526 g/mol. The Bertz CT molecular complexity index is 1570. The molecular formula is C27H24ClN5O2S2. The number of anilines is 1. The third-order valence-corrected chi connectivity index (χ3v) is 7.96. The second kappa shape index (κ2) is 10.9. The van der Waals surface area contributed by atoms with Gasteiger partial charge in [0.15, 0.2) is 17.1 Å². The van der Waals surface area contributed by atoms with E-state index in [1.165, 1.54) is 22.0 Å². The minimum Gasteiger partial charge on any atom is -0.483 e. The molecule has 5 rings (SSSR count). The molecule has 188 valence electrons. The zero-order chi connectivity index (χ0) is 25.9. The number of hydrogen-bond acceptors (Lipinski definition) is 7. The van der Waals surface area contributed by atoms with Crippen LogP contribution >= 0.6 is 34.7 Å². The van der Waals surface area contributed by atoms with Crippen LogP contribution in [0.1, 0.15) is 24.4 Å². The van der Waals surface area contributed by atoms with Crippen molar-refractivity contribution in [3.05, 3.63) is 83.1 Å². The number of amides is 1. The van der Waals surface area contributed by atoms with E-state index in [4.69, 9.17) is 21.3 Å². The van der Waals surface area contributed by atoms with Crippen molar-refractivity contribution in [1.82, 2.24) is 19.7 Å². The monoisotopic (exact) mass is 549 g/mol. The van der Waals surface area contributed by atoms with Gasteiger partial charge in [0.1, 0.15) is 10.8 Å². The fourth-order valence-corrected chi connectivity index (χ4v) is 5.75. The minimum absolute atomic E-state index is 0.124. The lowest BCUT2D eigenvalue weighted by Gasteiger charge is -2.14. The van der Waals surface area contributed by atoms with Crippen molar-refractivity contribution in [2.45, 2.75) is 25.1 Å². The van der Waals surface area contributed by atoms with Crippen LogP contribution in [0.25, 0.3) is 20.8 Å². The second-order valence-corrected chi connectivity index (χ2v) is 10.9. The number of hydrogen-bond donors (Lipinski definition) is 1. The predicted octanol–water partition coefficient (Wildman–Crippen LogP) is 6.92. The summed E-state index contributed by atoms with van der Waals surface area (Å²) in [5.74, 6) is 1.39. The van der Waals surface area contributed by atoms with Crippen LogP contribution in [-0.4, -0.2) is 31.4 Å². The first-order valence-electron chi connectivity index (χ1n) is 11.6. The molecule has 2 aromatic heterocycles. The molecule has 37 heavy (non-hydrogen) atoms. The van der Waals surface area contributed by atoms with Gasteiger partial charge in [0, 0.05) is 23.3 Å². The number of thioether (sulfide) groups is 1. The number of aryl methyl sites for hydroxylation is 1. The summed E-state index contributed by atoms with van der Waals surface area (Å²) < 4.78 is 8.95. The zero-order valence-corrected chi connectivity index (χ0v) is 22.8. The van der Waals surface area contributed by atoms with Crippen LogP contribution in [0, 0.1) is 6.92 Å². The molecule has 1 N–H and O–H groups in total. The van der Waals surface area contributed by atoms with Crippen molar-refractivity contribution in [3.63, 3.8) is 0 Å². The number of halogens is 1. The van der Waals surface area contributed by atoms with Gasteiger partial charge in [-0.2, -0.15) is 0 Å². The number of aromatic nitrogens is 4. The number of nitrogens with zero attached hydrogens (tertiary/aromatic N) is 4. The number of nitrogens with one attached hydrogen (secondary N) is 1. The van der Waals surface area contributed by atoms with Crippen LogP contribution in [0.15, 0.2) is 71.9 Å². The fraction of sp³-hybridized carbons (Fsp3) is 0.185. The lowest BCUT2D eigenvalue weighted by atomic mass is 10.2. The van der Waals surface area contributed by atoms with Crippen molar-refractivity contribution in [2.75, 3.05) is 11.1 Å². The van der Waals surface area contributed by atoms with Crippen molar-refractivity contribution < 1.29 is 9.53 Å². The van der Waals surface area contributed by atoms with Gasteiger partial charge in [-0.1, -0.05) is 35.5 Å². The summed E-state index contributed by atoms with van der Waals surface area (Å²) in [5.41, 5.74) is 3.97. The Morgan fingerprint density at radius 3 is 2.73 bits per heavy atom. The van der Waals surface area contributed by atoms with Crippen molar-refractivity contribution in [3.8, 4) is 16.3 Å². The molecule has 10 heteroatoms. The summed E-state index contributed by atoms with van der Waals surface area (Å²) >= 11 is 9.02. The molecule has 3 aromatic carbocycles. The van der Waals surface area contributed by atoms with Crippen LogP contribution in [0.5, 0.6) is 5.75 Å². The standard InChI is InChI=1S/C27H24ClN5O2S2/c1-16-7-12-22-23(13-16)37-26(30-22)18-8-10-20(11-9-18)29-24(34)15-36-27-32-31-25(33(27)3)17(2)35-21-6-4-5-19(28)14-21/h4-14,17H,15H2,1-3H3,(H,29,34). The van der Waals surface area contributed by atoms with Crippen LogP contribution in [-0.2, 0) is 11.8 Å². The van der Waals surface area contributed by atoms with Crippen molar-refractivity contribution >= 4 is 56.5 Å². The number of fused-ring (bicyclic) bond motifs is 1. The molecule has 0 aliphatic carbocycles. The van der Waals surface area contributed by atoms with Crippen LogP contribution in [0.3, 0.4) is 0 Å². The van der Waals surface area contributed by atoms with Gasteiger partial charge in [0.25, 0.3) is 0 Å². The molecule has 0 spiro atoms. The van der Waals surface area contributed by atoms with Crippen molar-refractivity contribution in [1.29, 1.82) is 0 Å². The van der Waals surface area contributed by atoms with E-state index in [9.17, 15) is 4.79 Å². The molecule has 0 fully saturated rings. The van der Waals surface area contributed by atoms with Gasteiger partial charge in [0.05, 0.1) is 16.0 Å². The van der Waals surface area contributed by atoms with Gasteiger partial charge in [-0.3, -0.25) is 4.79 Å². The van der Waals surface area contributed by atoms with E-state index in [1.54, 1.807) is 23.5 Å². The molecule has 1 atom stereocenters. The summed E-state index contributed by atoms with van der Waals surface area (Å²) in [6.45, 7) is 3.97. The van der Waals surface area contributed by atoms with Gasteiger partial charge < -0.3 is 14.6 Å². The van der Waals surface area contributed by atoms with Gasteiger partial charge in [0.2, 0.25) is 5.91 Å². The molecule has 1 amide bonds. The van der Waals surface area contributed by atoms with E-state index >= 15 is 0 Å². The highest BCUT2D eigenvalue weighted by molar-refractivity contribution is 7.99. The summed E-state index contributed by atoms with van der Waals surface area (Å²) in [6.07, 6.45) is -0.336. The maximum Gasteiger partial charge on any atom is 0.234 e. The highest BCUT2D eigenvalue weighted by Gasteiger charge is 2.18. The topological polar surface area (TPSA) is 81.9 Å². The molecule has 1 unspecified atom stereocenters. The Kier molecular flexibility index (Phi) is 7.45. The molecule has 7 nitrogen and oxygen atoms in total. The van der Waals surface area contributed by atoms with Crippen LogP contribution in [0.2, 0.25) is 5.02 Å². The Labute approximate surface area is 227 Å². The quantitative estimate of drug-likeness (QED) is 0.211. The largest absolute Gasteiger partial charge is 0.483 e. The molecule has 5 aromatic rings. The van der Waals surface area contributed by atoms with Crippen LogP contribution in [0.4, 0.5) is 5.69 Å². The van der Waals surface area contributed by atoms with Gasteiger partial charge in [-0.25, -0.2) is 4.98 Å². The Morgan fingerprint density at radius 2 is 1.95 bits per heavy atom. The Hall–Kier alpha value is -3.40. The summed E-state index contributed by atoms with van der Waals surface area (Å²) in [4.78, 5) is 17.3. The van der Waals surface area contributed by atoms with Gasteiger partial charge in [-0.05, 0) is 74.0 Å². The minimum atomic E-state index is -0.336. The summed E-state index contributed by atoms with van der Waals surface area (Å²) in [7, 11) is 1.86. The van der Waals surface area contributed by atoms with Gasteiger partial charge in [-0.15, -0.1) is 21.5 Å². The normalized spacial score (nSPS) is 12.0. The molecule has 0 aliphatic heterocycles. The lowest BCUT2D eigenvalue weighted by Crippen LogP contribution is -2.14. The average Bonchev–Trinajstić information content (AvgIpc) is 3.46. The third-order valence-electron chi connectivity index (χ3n) is 5.63. The number of carbonyl (C=O) groups is 1. The number of benzene rings is 3. The maximum absolute atomic E-state index is 12.6. The number of rotatable bonds is 8. The Morgan fingerprint density at radius 1 is 1.14 bits per heavy atom. The lowest BCUT2D eigenvalue weighted by molar-refractivity contribution is -0.113. The highest BCUT2D eigenvalue weighted by Crippen LogP contribution is 2.31. The van der Waals surface area contributed by atoms with E-state index in [0.717, 1.165) is 21.8 Å². The zero-order valence-electron chi connectivity index (χ0n) is 20.4. The van der Waals surface area contributed by atoms with Gasteiger partial charge >= 0.3 is 0 Å². The molecule has 0 saturated carbocycles. The maximum atomic E-state index is 12.6. The van der Waals surface area contributed by atoms with E-state index in [1.807, 2.05) is 61.0 Å². The molecule has 2 heterocycles. The van der Waals surface area contributed by atoms with E-state index < -0.39 is 0 Å². The molecule has 0 saturated heterocycles. The number of thiazole rings is 1. The first kappa shape index (κ1) is 25.3. The first-order valence-corrected chi connectivity index (χ1v) is 13.8. The highest BCUT2D eigenvalue weighted by atomic mass is 35.5. The fourth-order valence-electron chi connectivity index (χ4n) is 3.78. The smallest absolute Gasteiger partial charge is 0.234 e. The van der Waals surface area contributed by atoms with E-state index in [2.05, 4.69) is 34.6 Å². The molecule has 0 bridgehead atoms. The Balaban J connectivity index is 1.17. The summed E-state index contributed by atoms with van der Waals surface area (Å²) in [5, 5.41) is 13.6.